The Bertz CT molecular complexity index is 909. The van der Waals surface area contributed by atoms with Crippen molar-refractivity contribution in [1.29, 1.82) is 0 Å². The van der Waals surface area contributed by atoms with Crippen LogP contribution in [-0.4, -0.2) is 24.7 Å². The summed E-state index contributed by atoms with van der Waals surface area (Å²) in [6.07, 6.45) is 0. The fourth-order valence-electron chi connectivity index (χ4n) is 3.08. The summed E-state index contributed by atoms with van der Waals surface area (Å²) in [6.45, 7) is 4.26. The lowest BCUT2D eigenvalue weighted by Gasteiger charge is -2.30. The molecule has 146 valence electrons. The predicted octanol–water partition coefficient (Wildman–Crippen LogP) is 3.53. The van der Waals surface area contributed by atoms with Gasteiger partial charge in [-0.1, -0.05) is 24.3 Å². The lowest BCUT2D eigenvalue weighted by molar-refractivity contribution is -0.113. The van der Waals surface area contributed by atoms with Crippen LogP contribution >= 0.6 is 12.2 Å². The average molecular weight is 398 g/mol. The van der Waals surface area contributed by atoms with Gasteiger partial charge in [0.05, 0.1) is 31.0 Å². The van der Waals surface area contributed by atoms with Crippen LogP contribution < -0.4 is 25.4 Å². The third-order valence-electron chi connectivity index (χ3n) is 4.40. The first kappa shape index (κ1) is 19.7. The van der Waals surface area contributed by atoms with E-state index in [1.165, 1.54) is 0 Å². The topological polar surface area (TPSA) is 71.6 Å². The Hall–Kier alpha value is -3.06. The first-order chi connectivity index (χ1) is 13.5. The minimum atomic E-state index is -0.376. The number of carbonyl (C=O) groups is 1. The van der Waals surface area contributed by atoms with Crippen molar-refractivity contribution in [2.45, 2.75) is 19.9 Å². The molecule has 0 saturated heterocycles. The highest BCUT2D eigenvalue weighted by atomic mass is 32.1. The van der Waals surface area contributed by atoms with E-state index in [4.69, 9.17) is 21.7 Å². The molecule has 3 N–H and O–H groups in total. The van der Waals surface area contributed by atoms with Gasteiger partial charge in [0.1, 0.15) is 11.5 Å². The van der Waals surface area contributed by atoms with Gasteiger partial charge >= 0.3 is 0 Å². The number of hydrogen-bond donors (Lipinski definition) is 3. The van der Waals surface area contributed by atoms with Crippen molar-refractivity contribution in [2.75, 3.05) is 19.0 Å². The van der Waals surface area contributed by atoms with Gasteiger partial charge in [-0.2, -0.15) is 0 Å². The molecule has 3 rings (SSSR count). The molecule has 0 aromatic heterocycles. The van der Waals surface area contributed by atoms with E-state index in [1.807, 2.05) is 62.4 Å². The second-order valence-corrected chi connectivity index (χ2v) is 6.63. The summed E-state index contributed by atoms with van der Waals surface area (Å²) in [4.78, 5) is 13.2. The number of hydrogen-bond acceptors (Lipinski definition) is 4. The SMILES string of the molecule is CCOc1ccccc1NC(=O)C1=C(C)NC(=S)N[C@H]1c1ccc(OC)cc1. The number of carbonyl (C=O) groups excluding carboxylic acids is 1. The minimum Gasteiger partial charge on any atom is -0.497 e. The maximum atomic E-state index is 13.2. The van der Waals surface area contributed by atoms with E-state index in [2.05, 4.69) is 16.0 Å². The second kappa shape index (κ2) is 8.75. The van der Waals surface area contributed by atoms with Crippen molar-refractivity contribution in [2.24, 2.45) is 0 Å². The molecule has 0 saturated carbocycles. The van der Waals surface area contributed by atoms with Crippen LogP contribution in [-0.2, 0) is 4.79 Å². The Balaban J connectivity index is 1.92. The lowest BCUT2D eigenvalue weighted by Crippen LogP contribution is -2.45. The molecule has 1 amide bonds. The van der Waals surface area contributed by atoms with Crippen molar-refractivity contribution < 1.29 is 14.3 Å². The highest BCUT2D eigenvalue weighted by Crippen LogP contribution is 2.30. The maximum absolute atomic E-state index is 13.2. The number of rotatable bonds is 6. The molecule has 6 nitrogen and oxygen atoms in total. The number of methoxy groups -OCH3 is 1. The third-order valence-corrected chi connectivity index (χ3v) is 4.62. The predicted molar refractivity (Wildman–Crippen MR) is 114 cm³/mol. The molecule has 7 heteroatoms. The van der Waals surface area contributed by atoms with Crippen LogP contribution in [0.3, 0.4) is 0 Å². The molecule has 1 aliphatic heterocycles. The zero-order valence-corrected chi connectivity index (χ0v) is 16.9. The van der Waals surface area contributed by atoms with Crippen LogP contribution in [0.25, 0.3) is 0 Å². The van der Waals surface area contributed by atoms with Crippen molar-refractivity contribution in [3.63, 3.8) is 0 Å². The molecule has 0 unspecified atom stereocenters. The number of nitrogens with one attached hydrogen (secondary N) is 3. The minimum absolute atomic E-state index is 0.229. The van der Waals surface area contributed by atoms with Crippen molar-refractivity contribution in [3.05, 3.63) is 65.4 Å². The van der Waals surface area contributed by atoms with E-state index in [-0.39, 0.29) is 11.9 Å². The Morgan fingerprint density at radius 3 is 2.57 bits per heavy atom. The van der Waals surface area contributed by atoms with E-state index in [1.54, 1.807) is 7.11 Å². The normalized spacial score (nSPS) is 16.1. The molecule has 28 heavy (non-hydrogen) atoms. The zero-order valence-electron chi connectivity index (χ0n) is 16.0. The number of allylic oxidation sites excluding steroid dienone is 1. The summed E-state index contributed by atoms with van der Waals surface area (Å²) >= 11 is 5.30. The van der Waals surface area contributed by atoms with E-state index < -0.39 is 0 Å². The summed E-state index contributed by atoms with van der Waals surface area (Å²) in [7, 11) is 1.62. The molecular weight excluding hydrogens is 374 g/mol. The smallest absolute Gasteiger partial charge is 0.255 e. The quantitative estimate of drug-likeness (QED) is 0.648. The summed E-state index contributed by atoms with van der Waals surface area (Å²) in [6, 6.07) is 14.5. The maximum Gasteiger partial charge on any atom is 0.255 e. The summed E-state index contributed by atoms with van der Waals surface area (Å²) in [5.74, 6) is 1.15. The van der Waals surface area contributed by atoms with Crippen molar-refractivity contribution >= 4 is 28.9 Å². The van der Waals surface area contributed by atoms with E-state index in [0.717, 1.165) is 11.3 Å². The largest absolute Gasteiger partial charge is 0.497 e. The molecule has 0 radical (unpaired) electrons. The molecular formula is C21H23N3O3S. The Labute approximate surface area is 169 Å². The second-order valence-electron chi connectivity index (χ2n) is 6.23. The fraction of sp³-hybridized carbons (Fsp3) is 0.238. The summed E-state index contributed by atoms with van der Waals surface area (Å²) < 4.78 is 10.8. The van der Waals surface area contributed by atoms with Gasteiger partial charge in [0.2, 0.25) is 0 Å². The molecule has 0 fully saturated rings. The molecule has 1 heterocycles. The van der Waals surface area contributed by atoms with Crippen LogP contribution in [0, 0.1) is 0 Å². The Kier molecular flexibility index (Phi) is 6.16. The van der Waals surface area contributed by atoms with Crippen LogP contribution in [0.2, 0.25) is 0 Å². The molecule has 2 aromatic rings. The Morgan fingerprint density at radius 2 is 1.89 bits per heavy atom. The van der Waals surface area contributed by atoms with Gasteiger partial charge in [0, 0.05) is 5.70 Å². The zero-order chi connectivity index (χ0) is 20.1. The highest BCUT2D eigenvalue weighted by Gasteiger charge is 2.30. The molecule has 1 atom stereocenters. The van der Waals surface area contributed by atoms with Gasteiger partial charge in [-0.05, 0) is 55.9 Å². The van der Waals surface area contributed by atoms with Gasteiger partial charge in [-0.25, -0.2) is 0 Å². The number of anilines is 1. The van der Waals surface area contributed by atoms with Crippen LogP contribution in [0.4, 0.5) is 5.69 Å². The van der Waals surface area contributed by atoms with Crippen LogP contribution in [0.5, 0.6) is 11.5 Å². The van der Waals surface area contributed by atoms with Gasteiger partial charge in [0.25, 0.3) is 5.91 Å². The highest BCUT2D eigenvalue weighted by molar-refractivity contribution is 7.80. The standard InChI is InChI=1S/C21H23N3O3S/c1-4-27-17-8-6-5-7-16(17)23-20(25)18-13(2)22-21(28)24-19(18)14-9-11-15(26-3)12-10-14/h5-12,19H,4H2,1-3H3,(H,23,25)(H2,22,24,28)/t19-/m0/s1. The molecule has 1 aliphatic rings. The number of para-hydroxylation sites is 2. The first-order valence-electron chi connectivity index (χ1n) is 8.99. The molecule has 0 aliphatic carbocycles. The van der Waals surface area contributed by atoms with Crippen molar-refractivity contribution in [3.8, 4) is 11.5 Å². The summed E-state index contributed by atoms with van der Waals surface area (Å²) in [5.41, 5.74) is 2.80. The van der Waals surface area contributed by atoms with Crippen LogP contribution in [0.1, 0.15) is 25.5 Å². The third kappa shape index (κ3) is 4.26. The van der Waals surface area contributed by atoms with E-state index in [0.29, 0.717) is 34.4 Å². The number of thiocarbonyl (C=S) groups is 1. The molecule has 2 aromatic carbocycles. The average Bonchev–Trinajstić information content (AvgIpc) is 2.69. The van der Waals surface area contributed by atoms with Gasteiger partial charge in [0.15, 0.2) is 5.11 Å². The number of benzene rings is 2. The fourth-order valence-corrected chi connectivity index (χ4v) is 3.35. The van der Waals surface area contributed by atoms with Crippen LogP contribution in [0.15, 0.2) is 59.8 Å². The lowest BCUT2D eigenvalue weighted by atomic mass is 9.95. The van der Waals surface area contributed by atoms with E-state index >= 15 is 0 Å². The first-order valence-corrected chi connectivity index (χ1v) is 9.39. The monoisotopic (exact) mass is 397 g/mol. The number of ether oxygens (including phenoxy) is 2. The van der Waals surface area contributed by atoms with Crippen molar-refractivity contribution in [1.82, 2.24) is 10.6 Å². The molecule has 0 bridgehead atoms. The summed E-state index contributed by atoms with van der Waals surface area (Å²) in [5, 5.41) is 9.67. The Morgan fingerprint density at radius 1 is 1.18 bits per heavy atom. The molecule has 0 spiro atoms. The van der Waals surface area contributed by atoms with Gasteiger partial charge in [-0.3, -0.25) is 4.79 Å². The van der Waals surface area contributed by atoms with E-state index in [9.17, 15) is 4.79 Å². The van der Waals surface area contributed by atoms with Gasteiger partial charge < -0.3 is 25.4 Å². The van der Waals surface area contributed by atoms with Gasteiger partial charge in [-0.15, -0.1) is 0 Å². The number of amides is 1.